The number of carbonyl (C=O) groups excluding carboxylic acids is 1. The summed E-state index contributed by atoms with van der Waals surface area (Å²) in [5.74, 6) is 0. The Hall–Kier alpha value is -2.81. The predicted molar refractivity (Wildman–Crippen MR) is 92.1 cm³/mol. The van der Waals surface area contributed by atoms with E-state index in [2.05, 4.69) is 28.1 Å². The molecule has 0 N–H and O–H groups in total. The number of piperazine rings is 1. The smallest absolute Gasteiger partial charge is 0.409 e. The van der Waals surface area contributed by atoms with Crippen molar-refractivity contribution in [2.75, 3.05) is 38.2 Å². The molecule has 0 radical (unpaired) electrons. The largest absolute Gasteiger partial charge is 0.453 e. The summed E-state index contributed by atoms with van der Waals surface area (Å²) >= 11 is 0. The average Bonchev–Trinajstić information content (AvgIpc) is 2.60. The number of aryl methyl sites for hydroxylation is 2. The molecule has 0 aliphatic carbocycles. The number of aromatic nitrogens is 1. The van der Waals surface area contributed by atoms with Gasteiger partial charge in [0.05, 0.1) is 23.9 Å². The van der Waals surface area contributed by atoms with E-state index in [4.69, 9.17) is 4.74 Å². The van der Waals surface area contributed by atoms with Crippen LogP contribution in [0.1, 0.15) is 16.7 Å². The fourth-order valence-electron chi connectivity index (χ4n) is 3.31. The summed E-state index contributed by atoms with van der Waals surface area (Å²) in [4.78, 5) is 20.0. The van der Waals surface area contributed by atoms with Crippen LogP contribution >= 0.6 is 0 Å². The molecule has 0 bridgehead atoms. The molecule has 0 unspecified atom stereocenters. The third-order valence-corrected chi connectivity index (χ3v) is 4.43. The monoisotopic (exact) mass is 324 g/mol. The highest BCUT2D eigenvalue weighted by atomic mass is 16.5. The lowest BCUT2D eigenvalue weighted by molar-refractivity contribution is 0.121. The Morgan fingerprint density at radius 2 is 1.96 bits per heavy atom. The Bertz CT molecular complexity index is 833. The van der Waals surface area contributed by atoms with E-state index in [1.54, 1.807) is 11.1 Å². The van der Waals surface area contributed by atoms with E-state index < -0.39 is 0 Å². The molecule has 2 aromatic rings. The zero-order valence-electron chi connectivity index (χ0n) is 14.2. The van der Waals surface area contributed by atoms with Crippen molar-refractivity contribution < 1.29 is 9.53 Å². The van der Waals surface area contributed by atoms with Gasteiger partial charge < -0.3 is 14.5 Å². The summed E-state index contributed by atoms with van der Waals surface area (Å²) in [5, 5.41) is 10.5. The van der Waals surface area contributed by atoms with Crippen molar-refractivity contribution in [3.05, 3.63) is 35.0 Å². The molecule has 1 fully saturated rings. The molecule has 1 aliphatic heterocycles. The quantitative estimate of drug-likeness (QED) is 0.806. The van der Waals surface area contributed by atoms with E-state index in [0.29, 0.717) is 31.7 Å². The first-order valence-corrected chi connectivity index (χ1v) is 7.93. The van der Waals surface area contributed by atoms with Crippen LogP contribution < -0.4 is 4.90 Å². The number of hydrogen-bond acceptors (Lipinski definition) is 5. The summed E-state index contributed by atoms with van der Waals surface area (Å²) in [7, 11) is 1.39. The summed E-state index contributed by atoms with van der Waals surface area (Å²) in [6.45, 7) is 6.56. The highest BCUT2D eigenvalue weighted by Crippen LogP contribution is 2.32. The molecule has 3 rings (SSSR count). The maximum atomic E-state index is 11.7. The van der Waals surface area contributed by atoms with E-state index in [0.717, 1.165) is 27.7 Å². The zero-order chi connectivity index (χ0) is 17.3. The van der Waals surface area contributed by atoms with Crippen LogP contribution in [-0.2, 0) is 4.74 Å². The standard InChI is InChI=1S/C18H20N4O2/c1-12-8-13(2)16-15(9-12)17(14(10-19)11-20-16)21-4-6-22(7-5-21)18(23)24-3/h8-9,11H,4-7H2,1-3H3. The van der Waals surface area contributed by atoms with E-state index in [1.165, 1.54) is 7.11 Å². The SMILES string of the molecule is COC(=O)N1CCN(c2c(C#N)cnc3c(C)cc(C)cc23)CC1. The van der Waals surface area contributed by atoms with Gasteiger partial charge in [-0.3, -0.25) is 4.98 Å². The van der Waals surface area contributed by atoms with Crippen LogP contribution in [0.5, 0.6) is 0 Å². The molecular formula is C18H20N4O2. The average molecular weight is 324 g/mol. The number of hydrogen-bond donors (Lipinski definition) is 0. The van der Waals surface area contributed by atoms with E-state index >= 15 is 0 Å². The fraction of sp³-hybridized carbons (Fsp3) is 0.389. The molecular weight excluding hydrogens is 304 g/mol. The third kappa shape index (κ3) is 2.73. The topological polar surface area (TPSA) is 69.5 Å². The van der Waals surface area contributed by atoms with Crippen molar-refractivity contribution in [1.29, 1.82) is 5.26 Å². The maximum Gasteiger partial charge on any atom is 0.409 e. The summed E-state index contributed by atoms with van der Waals surface area (Å²) < 4.78 is 4.78. The first-order chi connectivity index (χ1) is 11.5. The first-order valence-electron chi connectivity index (χ1n) is 7.93. The molecule has 124 valence electrons. The second kappa shape index (κ2) is 6.36. The molecule has 6 nitrogen and oxygen atoms in total. The second-order valence-corrected chi connectivity index (χ2v) is 6.05. The lowest BCUT2D eigenvalue weighted by atomic mass is 10.0. The summed E-state index contributed by atoms with van der Waals surface area (Å²) in [6, 6.07) is 6.44. The minimum Gasteiger partial charge on any atom is -0.453 e. The lowest BCUT2D eigenvalue weighted by Crippen LogP contribution is -2.49. The minimum absolute atomic E-state index is 0.304. The normalized spacial score (nSPS) is 14.6. The molecule has 6 heteroatoms. The van der Waals surface area contributed by atoms with Crippen molar-refractivity contribution in [3.8, 4) is 6.07 Å². The number of fused-ring (bicyclic) bond motifs is 1. The van der Waals surface area contributed by atoms with Gasteiger partial charge in [-0.1, -0.05) is 11.6 Å². The number of ether oxygens (including phenoxy) is 1. The van der Waals surface area contributed by atoms with Crippen LogP contribution in [0.4, 0.5) is 10.5 Å². The molecule has 0 atom stereocenters. The number of benzene rings is 1. The third-order valence-electron chi connectivity index (χ3n) is 4.43. The number of nitrogens with zero attached hydrogens (tertiary/aromatic N) is 4. The minimum atomic E-state index is -0.304. The molecule has 1 saturated heterocycles. The highest BCUT2D eigenvalue weighted by Gasteiger charge is 2.25. The first kappa shape index (κ1) is 16.1. The zero-order valence-corrected chi connectivity index (χ0v) is 14.2. The Morgan fingerprint density at radius 3 is 2.58 bits per heavy atom. The Morgan fingerprint density at radius 1 is 1.25 bits per heavy atom. The van der Waals surface area contributed by atoms with Gasteiger partial charge in [-0.25, -0.2) is 4.79 Å². The van der Waals surface area contributed by atoms with Crippen molar-refractivity contribution in [3.63, 3.8) is 0 Å². The van der Waals surface area contributed by atoms with E-state index in [9.17, 15) is 10.1 Å². The Kier molecular flexibility index (Phi) is 4.26. The van der Waals surface area contributed by atoms with E-state index in [-0.39, 0.29) is 6.09 Å². The van der Waals surface area contributed by atoms with Gasteiger partial charge in [0.25, 0.3) is 0 Å². The van der Waals surface area contributed by atoms with E-state index in [1.807, 2.05) is 13.8 Å². The number of nitriles is 1. The molecule has 0 spiro atoms. The molecule has 1 aliphatic rings. The molecule has 24 heavy (non-hydrogen) atoms. The van der Waals surface area contributed by atoms with Crippen molar-refractivity contribution in [2.24, 2.45) is 0 Å². The number of rotatable bonds is 1. The number of amides is 1. The van der Waals surface area contributed by atoms with Gasteiger partial charge in [0.15, 0.2) is 0 Å². The maximum absolute atomic E-state index is 11.7. The van der Waals surface area contributed by atoms with Crippen LogP contribution in [0.15, 0.2) is 18.3 Å². The highest BCUT2D eigenvalue weighted by molar-refractivity contribution is 5.96. The summed E-state index contributed by atoms with van der Waals surface area (Å²) in [5.41, 5.74) is 4.65. The predicted octanol–water partition coefficient (Wildman–Crippen LogP) is 2.61. The Balaban J connectivity index is 2.03. The lowest BCUT2D eigenvalue weighted by Gasteiger charge is -2.36. The van der Waals surface area contributed by atoms with Gasteiger partial charge in [0, 0.05) is 37.8 Å². The van der Waals surface area contributed by atoms with Crippen LogP contribution in [0.3, 0.4) is 0 Å². The Labute approximate surface area is 141 Å². The van der Waals surface area contributed by atoms with Gasteiger partial charge in [-0.2, -0.15) is 5.26 Å². The van der Waals surface area contributed by atoms with Crippen LogP contribution in [0.2, 0.25) is 0 Å². The van der Waals surface area contributed by atoms with Gasteiger partial charge in [-0.15, -0.1) is 0 Å². The van der Waals surface area contributed by atoms with Crippen LogP contribution in [0, 0.1) is 25.2 Å². The molecule has 2 heterocycles. The molecule has 1 amide bonds. The molecule has 1 aromatic heterocycles. The van der Waals surface area contributed by atoms with Gasteiger partial charge in [0.2, 0.25) is 0 Å². The van der Waals surface area contributed by atoms with Crippen molar-refractivity contribution in [1.82, 2.24) is 9.88 Å². The number of methoxy groups -OCH3 is 1. The summed E-state index contributed by atoms with van der Waals surface area (Å²) in [6.07, 6.45) is 1.34. The number of anilines is 1. The molecule has 0 saturated carbocycles. The van der Waals surface area contributed by atoms with Crippen molar-refractivity contribution in [2.45, 2.75) is 13.8 Å². The second-order valence-electron chi connectivity index (χ2n) is 6.05. The number of carbonyl (C=O) groups is 1. The van der Waals surface area contributed by atoms with Gasteiger partial charge >= 0.3 is 6.09 Å². The fourth-order valence-corrected chi connectivity index (χ4v) is 3.31. The molecule has 1 aromatic carbocycles. The van der Waals surface area contributed by atoms with Crippen molar-refractivity contribution >= 4 is 22.7 Å². The van der Waals surface area contributed by atoms with Crippen LogP contribution in [-0.4, -0.2) is 49.3 Å². The van der Waals surface area contributed by atoms with Crippen LogP contribution in [0.25, 0.3) is 10.9 Å². The number of pyridine rings is 1. The van der Waals surface area contributed by atoms with Gasteiger partial charge in [-0.05, 0) is 25.5 Å². The van der Waals surface area contributed by atoms with Gasteiger partial charge in [0.1, 0.15) is 6.07 Å².